The summed E-state index contributed by atoms with van der Waals surface area (Å²) >= 11 is 0. The molecule has 2 aliphatic rings. The minimum atomic E-state index is -6.17. The van der Waals surface area contributed by atoms with Gasteiger partial charge in [0.05, 0.1) is 6.04 Å². The van der Waals surface area contributed by atoms with Gasteiger partial charge in [-0.1, -0.05) is 20.3 Å². The molecule has 5 nitrogen and oxygen atoms in total. The van der Waals surface area contributed by atoms with Gasteiger partial charge >= 0.3 is 18.4 Å². The number of carbonyl (C=O) groups is 2. The van der Waals surface area contributed by atoms with Crippen molar-refractivity contribution in [3.8, 4) is 0 Å². The van der Waals surface area contributed by atoms with E-state index in [2.05, 4.69) is 0 Å². The smallest absolute Gasteiger partial charge is 0.431 e. The number of piperidine rings is 1. The highest BCUT2D eigenvalue weighted by molar-refractivity contribution is 5.76. The summed E-state index contributed by atoms with van der Waals surface area (Å²) in [5, 5.41) is 0. The molecule has 30 heavy (non-hydrogen) atoms. The molecule has 2 amide bonds. The van der Waals surface area contributed by atoms with E-state index in [4.69, 9.17) is 4.74 Å². The predicted octanol–water partition coefficient (Wildman–Crippen LogP) is 4.46. The van der Waals surface area contributed by atoms with Crippen LogP contribution in [0.3, 0.4) is 0 Å². The fraction of sp³-hybridized carbons (Fsp3) is 0.889. The lowest BCUT2D eigenvalue weighted by atomic mass is 9.94. The van der Waals surface area contributed by atoms with E-state index >= 15 is 0 Å². The molecule has 2 saturated heterocycles. The largest absolute Gasteiger partial charge is 0.447 e. The van der Waals surface area contributed by atoms with E-state index in [9.17, 15) is 40.3 Å². The number of ether oxygens (including phenoxy) is 1. The van der Waals surface area contributed by atoms with Crippen LogP contribution in [0.4, 0.5) is 35.5 Å². The zero-order chi connectivity index (χ0) is 22.9. The normalized spacial score (nSPS) is 23.0. The van der Waals surface area contributed by atoms with Crippen molar-refractivity contribution in [2.24, 2.45) is 5.92 Å². The van der Waals surface area contributed by atoms with Crippen molar-refractivity contribution in [2.75, 3.05) is 19.7 Å². The minimum absolute atomic E-state index is 0.0534. The number of rotatable bonds is 6. The van der Waals surface area contributed by atoms with Gasteiger partial charge in [-0.15, -0.1) is 0 Å². The van der Waals surface area contributed by atoms with Crippen LogP contribution in [0.2, 0.25) is 0 Å². The van der Waals surface area contributed by atoms with Crippen LogP contribution in [-0.2, 0) is 9.53 Å². The molecule has 2 fully saturated rings. The second-order valence-electron chi connectivity index (χ2n) is 7.85. The van der Waals surface area contributed by atoms with Gasteiger partial charge in [-0.3, -0.25) is 9.69 Å². The third-order valence-electron chi connectivity index (χ3n) is 6.04. The fourth-order valence-corrected chi connectivity index (χ4v) is 3.85. The first-order chi connectivity index (χ1) is 13.7. The Morgan fingerprint density at radius 1 is 1.10 bits per heavy atom. The third kappa shape index (κ3) is 4.77. The van der Waals surface area contributed by atoms with Crippen molar-refractivity contribution in [1.82, 2.24) is 9.80 Å². The Bertz CT molecular complexity index is 616. The van der Waals surface area contributed by atoms with Crippen molar-refractivity contribution in [3.63, 3.8) is 0 Å². The number of alkyl halides is 7. The molecule has 0 bridgehead atoms. The summed E-state index contributed by atoms with van der Waals surface area (Å²) in [6.07, 6.45) is -14.6. The number of hydrogen-bond acceptors (Lipinski definition) is 3. The van der Waals surface area contributed by atoms with Crippen LogP contribution in [-0.4, -0.2) is 71.6 Å². The average molecular weight is 450 g/mol. The molecule has 0 saturated carbocycles. The van der Waals surface area contributed by atoms with E-state index in [1.165, 1.54) is 0 Å². The van der Waals surface area contributed by atoms with Gasteiger partial charge in [0.25, 0.3) is 5.67 Å². The standard InChI is InChI=1S/C18H25F7N2O3/c1-3-11(2)13-10-30-15(29)27(13)12-5-8-26(9-6-12)14(28)4-7-16(19,17(20,21)22)18(23,24)25/h11-13H,3-10H2,1-2H3/t11-,13+/m0/s1. The van der Waals surface area contributed by atoms with E-state index in [-0.39, 0.29) is 37.7 Å². The van der Waals surface area contributed by atoms with Gasteiger partial charge in [0.2, 0.25) is 5.91 Å². The summed E-state index contributed by atoms with van der Waals surface area (Å²) in [5.74, 6) is -0.801. The number of halogens is 7. The minimum Gasteiger partial charge on any atom is -0.447 e. The van der Waals surface area contributed by atoms with Crippen molar-refractivity contribution in [2.45, 2.75) is 76.1 Å². The second-order valence-corrected chi connectivity index (χ2v) is 7.85. The fourth-order valence-electron chi connectivity index (χ4n) is 3.85. The average Bonchev–Trinajstić information content (AvgIpc) is 3.04. The molecule has 0 aromatic rings. The molecule has 12 heteroatoms. The number of likely N-dealkylation sites (tertiary alicyclic amines) is 1. The lowest BCUT2D eigenvalue weighted by Gasteiger charge is -2.39. The van der Waals surface area contributed by atoms with Crippen LogP contribution in [0.15, 0.2) is 0 Å². The van der Waals surface area contributed by atoms with Crippen LogP contribution < -0.4 is 0 Å². The number of cyclic esters (lactones) is 1. The molecule has 0 spiro atoms. The number of amides is 2. The van der Waals surface area contributed by atoms with Crippen molar-refractivity contribution < 1.29 is 45.1 Å². The van der Waals surface area contributed by atoms with Gasteiger partial charge in [-0.2, -0.15) is 26.3 Å². The second kappa shape index (κ2) is 8.78. The van der Waals surface area contributed by atoms with Crippen molar-refractivity contribution >= 4 is 12.0 Å². The molecule has 0 aromatic carbocycles. The summed E-state index contributed by atoms with van der Waals surface area (Å²) < 4.78 is 94.5. The van der Waals surface area contributed by atoms with Crippen LogP contribution in [0, 0.1) is 5.92 Å². The molecule has 0 aromatic heterocycles. The summed E-state index contributed by atoms with van der Waals surface area (Å²) in [6.45, 7) is 4.30. The maximum Gasteiger partial charge on any atom is 0.431 e. The highest BCUT2D eigenvalue weighted by atomic mass is 19.4. The van der Waals surface area contributed by atoms with Gasteiger partial charge in [0.1, 0.15) is 6.61 Å². The maximum atomic E-state index is 13.7. The third-order valence-corrected chi connectivity index (χ3v) is 6.04. The number of hydrogen-bond donors (Lipinski definition) is 0. The SMILES string of the molecule is CC[C@H](C)[C@H]1COC(=O)N1C1CCN(C(=O)CCC(F)(C(F)(F)F)C(F)(F)F)CC1. The molecule has 0 N–H and O–H groups in total. The molecule has 2 aliphatic heterocycles. The van der Waals surface area contributed by atoms with Crippen molar-refractivity contribution in [3.05, 3.63) is 0 Å². The van der Waals surface area contributed by atoms with Crippen molar-refractivity contribution in [1.29, 1.82) is 0 Å². The van der Waals surface area contributed by atoms with Gasteiger partial charge in [0, 0.05) is 32.0 Å². The molecule has 0 unspecified atom stereocenters. The molecule has 0 aliphatic carbocycles. The summed E-state index contributed by atoms with van der Waals surface area (Å²) in [4.78, 5) is 27.0. The van der Waals surface area contributed by atoms with Crippen LogP contribution in [0.1, 0.15) is 46.0 Å². The quantitative estimate of drug-likeness (QED) is 0.562. The summed E-state index contributed by atoms with van der Waals surface area (Å²) in [6, 6.07) is -0.367. The maximum absolute atomic E-state index is 13.7. The Morgan fingerprint density at radius 2 is 1.63 bits per heavy atom. The van der Waals surface area contributed by atoms with Crippen LogP contribution in [0.5, 0.6) is 0 Å². The van der Waals surface area contributed by atoms with Gasteiger partial charge < -0.3 is 9.64 Å². The van der Waals surface area contributed by atoms with E-state index in [0.29, 0.717) is 12.8 Å². The van der Waals surface area contributed by atoms with Crippen LogP contribution >= 0.6 is 0 Å². The molecule has 2 heterocycles. The highest BCUT2D eigenvalue weighted by Crippen LogP contribution is 2.49. The predicted molar refractivity (Wildman–Crippen MR) is 91.2 cm³/mol. The van der Waals surface area contributed by atoms with Crippen LogP contribution in [0.25, 0.3) is 0 Å². The van der Waals surface area contributed by atoms with Gasteiger partial charge in [-0.05, 0) is 18.8 Å². The van der Waals surface area contributed by atoms with Gasteiger partial charge in [0.15, 0.2) is 0 Å². The Hall–Kier alpha value is -1.75. The Labute approximate surface area is 169 Å². The van der Waals surface area contributed by atoms with E-state index < -0.39 is 42.9 Å². The number of nitrogens with zero attached hydrogens (tertiary/aromatic N) is 2. The molecule has 2 atom stereocenters. The topological polar surface area (TPSA) is 49.9 Å². The Kier molecular flexibility index (Phi) is 7.17. The highest BCUT2D eigenvalue weighted by Gasteiger charge is 2.72. The lowest BCUT2D eigenvalue weighted by molar-refractivity contribution is -0.343. The zero-order valence-electron chi connectivity index (χ0n) is 16.7. The monoisotopic (exact) mass is 450 g/mol. The summed E-state index contributed by atoms with van der Waals surface area (Å²) in [7, 11) is 0. The zero-order valence-corrected chi connectivity index (χ0v) is 16.7. The molecular weight excluding hydrogens is 425 g/mol. The summed E-state index contributed by atoms with van der Waals surface area (Å²) in [5.41, 5.74) is -5.43. The van der Waals surface area contributed by atoms with E-state index in [0.717, 1.165) is 11.3 Å². The first-order valence-corrected chi connectivity index (χ1v) is 9.78. The van der Waals surface area contributed by atoms with Gasteiger partial charge in [-0.25, -0.2) is 9.18 Å². The lowest BCUT2D eigenvalue weighted by Crippen LogP contribution is -2.54. The molecule has 174 valence electrons. The molecule has 0 radical (unpaired) electrons. The first-order valence-electron chi connectivity index (χ1n) is 9.78. The van der Waals surface area contributed by atoms with E-state index in [1.54, 1.807) is 4.90 Å². The number of carbonyl (C=O) groups excluding carboxylic acids is 2. The Balaban J connectivity index is 1.95. The first kappa shape index (κ1) is 24.5. The Morgan fingerprint density at radius 3 is 2.10 bits per heavy atom. The molecular formula is C18H25F7N2O3. The molecule has 2 rings (SSSR count). The van der Waals surface area contributed by atoms with E-state index in [1.807, 2.05) is 13.8 Å².